The Morgan fingerprint density at radius 1 is 1.38 bits per heavy atom. The number of hydrogen-bond acceptors (Lipinski definition) is 4. The van der Waals surface area contributed by atoms with E-state index in [-0.39, 0.29) is 6.04 Å². The molecule has 1 atom stereocenters. The minimum atomic E-state index is 0.201. The SMILES string of the molecule is CCn1ncc(OC)c1C(CSc1ccccc1C)NC. The summed E-state index contributed by atoms with van der Waals surface area (Å²) < 4.78 is 7.45. The Labute approximate surface area is 130 Å². The van der Waals surface area contributed by atoms with E-state index in [1.54, 1.807) is 13.3 Å². The molecule has 0 amide bonds. The molecule has 0 saturated heterocycles. The van der Waals surface area contributed by atoms with Crippen molar-refractivity contribution in [3.8, 4) is 5.75 Å². The molecule has 114 valence electrons. The Morgan fingerprint density at radius 3 is 2.76 bits per heavy atom. The first-order valence-corrected chi connectivity index (χ1v) is 8.15. The summed E-state index contributed by atoms with van der Waals surface area (Å²) in [7, 11) is 3.68. The lowest BCUT2D eigenvalue weighted by Crippen LogP contribution is -2.23. The smallest absolute Gasteiger partial charge is 0.161 e. The minimum Gasteiger partial charge on any atom is -0.493 e. The van der Waals surface area contributed by atoms with Crippen LogP contribution < -0.4 is 10.1 Å². The van der Waals surface area contributed by atoms with E-state index in [1.165, 1.54) is 10.5 Å². The zero-order valence-corrected chi connectivity index (χ0v) is 13.9. The lowest BCUT2D eigenvalue weighted by atomic mass is 10.2. The number of nitrogens with zero attached hydrogens (tertiary/aromatic N) is 2. The number of aromatic nitrogens is 2. The average Bonchev–Trinajstić information content (AvgIpc) is 2.92. The van der Waals surface area contributed by atoms with Gasteiger partial charge in [-0.05, 0) is 32.5 Å². The molecule has 0 radical (unpaired) electrons. The molecule has 21 heavy (non-hydrogen) atoms. The summed E-state index contributed by atoms with van der Waals surface area (Å²) in [4.78, 5) is 1.32. The van der Waals surface area contributed by atoms with Gasteiger partial charge in [0.1, 0.15) is 0 Å². The second-order valence-electron chi connectivity index (χ2n) is 4.83. The van der Waals surface area contributed by atoms with Crippen LogP contribution in [0.4, 0.5) is 0 Å². The van der Waals surface area contributed by atoms with Crippen LogP contribution >= 0.6 is 11.8 Å². The van der Waals surface area contributed by atoms with E-state index in [9.17, 15) is 0 Å². The molecule has 0 spiro atoms. The highest BCUT2D eigenvalue weighted by Gasteiger charge is 2.20. The van der Waals surface area contributed by atoms with Gasteiger partial charge >= 0.3 is 0 Å². The molecule has 1 aromatic carbocycles. The fourth-order valence-electron chi connectivity index (χ4n) is 2.33. The molecule has 1 N–H and O–H groups in total. The number of thioether (sulfide) groups is 1. The van der Waals surface area contributed by atoms with Crippen LogP contribution in [0, 0.1) is 6.92 Å². The number of ether oxygens (including phenoxy) is 1. The second kappa shape index (κ2) is 7.52. The zero-order chi connectivity index (χ0) is 15.2. The van der Waals surface area contributed by atoms with Crippen LogP contribution in [0.3, 0.4) is 0 Å². The Balaban J connectivity index is 2.17. The lowest BCUT2D eigenvalue weighted by molar-refractivity contribution is 0.399. The van der Waals surface area contributed by atoms with E-state index in [2.05, 4.69) is 48.5 Å². The van der Waals surface area contributed by atoms with Gasteiger partial charge in [0.15, 0.2) is 5.75 Å². The predicted octanol–water partition coefficient (Wildman–Crippen LogP) is 3.27. The molecule has 0 fully saturated rings. The van der Waals surface area contributed by atoms with Crippen molar-refractivity contribution in [3.63, 3.8) is 0 Å². The topological polar surface area (TPSA) is 39.1 Å². The Morgan fingerprint density at radius 2 is 2.14 bits per heavy atom. The summed E-state index contributed by atoms with van der Waals surface area (Å²) >= 11 is 1.86. The molecular weight excluding hydrogens is 282 g/mol. The molecule has 0 aliphatic heterocycles. The van der Waals surface area contributed by atoms with E-state index in [0.29, 0.717) is 0 Å². The minimum absolute atomic E-state index is 0.201. The van der Waals surface area contributed by atoms with E-state index in [0.717, 1.165) is 23.7 Å². The quantitative estimate of drug-likeness (QED) is 0.797. The van der Waals surface area contributed by atoms with E-state index < -0.39 is 0 Å². The monoisotopic (exact) mass is 305 g/mol. The highest BCUT2D eigenvalue weighted by atomic mass is 32.2. The maximum absolute atomic E-state index is 5.45. The van der Waals surface area contributed by atoms with Crippen molar-refractivity contribution in [1.82, 2.24) is 15.1 Å². The highest BCUT2D eigenvalue weighted by Crippen LogP contribution is 2.31. The molecule has 1 heterocycles. The third kappa shape index (κ3) is 3.60. The molecule has 0 saturated carbocycles. The first-order chi connectivity index (χ1) is 10.2. The van der Waals surface area contributed by atoms with Gasteiger partial charge in [0.05, 0.1) is 25.0 Å². The number of methoxy groups -OCH3 is 1. The summed E-state index contributed by atoms with van der Waals surface area (Å²) in [5.41, 5.74) is 2.43. The van der Waals surface area contributed by atoms with E-state index in [1.807, 2.05) is 23.5 Å². The fourth-order valence-corrected chi connectivity index (χ4v) is 3.47. The lowest BCUT2D eigenvalue weighted by Gasteiger charge is -2.19. The molecule has 0 aliphatic carbocycles. The van der Waals surface area contributed by atoms with Crippen molar-refractivity contribution in [3.05, 3.63) is 41.7 Å². The predicted molar refractivity (Wildman–Crippen MR) is 88.2 cm³/mol. The summed E-state index contributed by atoms with van der Waals surface area (Å²) in [5.74, 6) is 1.78. The van der Waals surface area contributed by atoms with Crippen molar-refractivity contribution < 1.29 is 4.74 Å². The van der Waals surface area contributed by atoms with Gasteiger partial charge in [-0.2, -0.15) is 5.10 Å². The first-order valence-electron chi connectivity index (χ1n) is 7.16. The van der Waals surface area contributed by atoms with Gasteiger partial charge in [-0.1, -0.05) is 18.2 Å². The van der Waals surface area contributed by atoms with E-state index >= 15 is 0 Å². The number of benzene rings is 1. The van der Waals surface area contributed by atoms with Crippen LogP contribution in [0.5, 0.6) is 5.75 Å². The van der Waals surface area contributed by atoms with Gasteiger partial charge < -0.3 is 10.1 Å². The molecule has 2 rings (SSSR count). The van der Waals surface area contributed by atoms with Crippen LogP contribution in [0.1, 0.15) is 24.2 Å². The maximum Gasteiger partial charge on any atom is 0.161 e. The third-order valence-electron chi connectivity index (χ3n) is 3.54. The van der Waals surface area contributed by atoms with Gasteiger partial charge in [-0.15, -0.1) is 11.8 Å². The molecule has 0 aliphatic rings. The van der Waals surface area contributed by atoms with Gasteiger partial charge in [0.2, 0.25) is 0 Å². The fraction of sp³-hybridized carbons (Fsp3) is 0.438. The zero-order valence-electron chi connectivity index (χ0n) is 13.1. The largest absolute Gasteiger partial charge is 0.493 e. The standard InChI is InChI=1S/C16H23N3OS/c1-5-19-16(14(20-4)10-18-19)13(17-3)11-21-15-9-7-6-8-12(15)2/h6-10,13,17H,5,11H2,1-4H3. The average molecular weight is 305 g/mol. The molecule has 2 aromatic rings. The summed E-state index contributed by atoms with van der Waals surface area (Å²) in [6, 6.07) is 8.67. The molecule has 1 aromatic heterocycles. The van der Waals surface area contributed by atoms with Crippen LogP contribution in [0.25, 0.3) is 0 Å². The number of hydrogen-bond donors (Lipinski definition) is 1. The molecule has 4 nitrogen and oxygen atoms in total. The maximum atomic E-state index is 5.45. The Bertz CT molecular complexity index is 561. The van der Waals surface area contributed by atoms with Crippen LogP contribution in [0.15, 0.2) is 35.4 Å². The van der Waals surface area contributed by atoms with Gasteiger partial charge in [0, 0.05) is 17.2 Å². The summed E-state index contributed by atoms with van der Waals surface area (Å²) in [6.07, 6.45) is 1.79. The van der Waals surface area contributed by atoms with Gasteiger partial charge in [-0.25, -0.2) is 0 Å². The number of aryl methyl sites for hydroxylation is 2. The molecular formula is C16H23N3OS. The second-order valence-corrected chi connectivity index (χ2v) is 5.89. The van der Waals surface area contributed by atoms with E-state index in [4.69, 9.17) is 4.74 Å². The van der Waals surface area contributed by atoms with Gasteiger partial charge in [-0.3, -0.25) is 4.68 Å². The first kappa shape index (κ1) is 15.9. The molecule has 0 bridgehead atoms. The van der Waals surface area contributed by atoms with Gasteiger partial charge in [0.25, 0.3) is 0 Å². The van der Waals surface area contributed by atoms with Crippen molar-refractivity contribution in [2.75, 3.05) is 19.9 Å². The normalized spacial score (nSPS) is 12.4. The van der Waals surface area contributed by atoms with Crippen molar-refractivity contribution in [1.29, 1.82) is 0 Å². The van der Waals surface area contributed by atoms with Crippen LogP contribution in [-0.2, 0) is 6.54 Å². The molecule has 5 heteroatoms. The van der Waals surface area contributed by atoms with Crippen molar-refractivity contribution >= 4 is 11.8 Å². The van der Waals surface area contributed by atoms with Crippen LogP contribution in [-0.4, -0.2) is 29.7 Å². The molecule has 1 unspecified atom stereocenters. The highest BCUT2D eigenvalue weighted by molar-refractivity contribution is 7.99. The Hall–Kier alpha value is -1.46. The van der Waals surface area contributed by atoms with Crippen molar-refractivity contribution in [2.45, 2.75) is 31.3 Å². The Kier molecular flexibility index (Phi) is 5.70. The number of nitrogens with one attached hydrogen (secondary N) is 1. The number of rotatable bonds is 7. The summed E-state index contributed by atoms with van der Waals surface area (Å²) in [5, 5.41) is 7.77. The third-order valence-corrected chi connectivity index (χ3v) is 4.81. The summed E-state index contributed by atoms with van der Waals surface area (Å²) in [6.45, 7) is 5.08. The van der Waals surface area contributed by atoms with Crippen LogP contribution in [0.2, 0.25) is 0 Å². The van der Waals surface area contributed by atoms with Crippen molar-refractivity contribution in [2.24, 2.45) is 0 Å².